The number of nitrogens with two attached hydrogens (primary N) is 1. The number of morpholine rings is 1. The van der Waals surface area contributed by atoms with E-state index in [9.17, 15) is 4.79 Å². The number of aromatic nitrogens is 2. The van der Waals surface area contributed by atoms with Gasteiger partial charge in [-0.3, -0.25) is 14.4 Å². The molecule has 3 N–H and O–H groups in total. The summed E-state index contributed by atoms with van der Waals surface area (Å²) < 4.78 is 7.22. The molecule has 0 aliphatic carbocycles. The molecule has 112 valence electrons. The first-order valence-electron chi connectivity index (χ1n) is 7.08. The zero-order chi connectivity index (χ0) is 14.4. The minimum Gasteiger partial charge on any atom is -0.396 e. The van der Waals surface area contributed by atoms with Gasteiger partial charge in [0, 0.05) is 25.8 Å². The number of nitrogen functional groups attached to an aromatic ring is 1. The lowest BCUT2D eigenvalue weighted by Gasteiger charge is -2.34. The first-order valence-corrected chi connectivity index (χ1v) is 7.08. The van der Waals surface area contributed by atoms with Gasteiger partial charge in [0.05, 0.1) is 31.6 Å². The van der Waals surface area contributed by atoms with Crippen molar-refractivity contribution in [1.29, 1.82) is 0 Å². The molecule has 0 aromatic carbocycles. The van der Waals surface area contributed by atoms with E-state index in [1.165, 1.54) is 0 Å². The van der Waals surface area contributed by atoms with Crippen LogP contribution >= 0.6 is 0 Å². The fourth-order valence-electron chi connectivity index (χ4n) is 2.25. The van der Waals surface area contributed by atoms with E-state index < -0.39 is 0 Å². The highest BCUT2D eigenvalue weighted by atomic mass is 16.5. The zero-order valence-electron chi connectivity index (χ0n) is 11.9. The van der Waals surface area contributed by atoms with E-state index in [1.54, 1.807) is 17.1 Å². The van der Waals surface area contributed by atoms with Crippen LogP contribution in [0.25, 0.3) is 0 Å². The van der Waals surface area contributed by atoms with Gasteiger partial charge in [-0.25, -0.2) is 0 Å². The van der Waals surface area contributed by atoms with Crippen molar-refractivity contribution in [1.82, 2.24) is 20.0 Å². The van der Waals surface area contributed by atoms with E-state index in [-0.39, 0.29) is 11.9 Å². The topological polar surface area (TPSA) is 85.4 Å². The Hall–Kier alpha value is -1.60. The molecule has 0 radical (unpaired) electrons. The quantitative estimate of drug-likeness (QED) is 0.747. The van der Waals surface area contributed by atoms with E-state index in [2.05, 4.69) is 15.3 Å². The highest BCUT2D eigenvalue weighted by Crippen LogP contribution is 2.08. The smallest absolute Gasteiger partial charge is 0.239 e. The molecule has 1 aromatic rings. The van der Waals surface area contributed by atoms with Gasteiger partial charge >= 0.3 is 0 Å². The van der Waals surface area contributed by atoms with Gasteiger partial charge in [-0.05, 0) is 6.42 Å². The number of carbonyl (C=O) groups excluding carboxylic acids is 1. The normalized spacial score (nSPS) is 19.9. The molecule has 2 rings (SSSR count). The second-order valence-electron chi connectivity index (χ2n) is 4.95. The van der Waals surface area contributed by atoms with Crippen molar-refractivity contribution < 1.29 is 9.53 Å². The highest BCUT2D eigenvalue weighted by molar-refractivity contribution is 5.81. The van der Waals surface area contributed by atoms with Crippen molar-refractivity contribution in [3.8, 4) is 0 Å². The van der Waals surface area contributed by atoms with Crippen LogP contribution in [0.2, 0.25) is 0 Å². The molecule has 0 spiro atoms. The third kappa shape index (κ3) is 3.94. The van der Waals surface area contributed by atoms with Crippen molar-refractivity contribution in [3.05, 3.63) is 12.4 Å². The SMILES string of the molecule is CCCNC(=O)C1COCCN1CCn1cc(N)cn1. The van der Waals surface area contributed by atoms with Crippen molar-refractivity contribution >= 4 is 11.6 Å². The summed E-state index contributed by atoms with van der Waals surface area (Å²) in [6, 6.07) is -0.205. The summed E-state index contributed by atoms with van der Waals surface area (Å²) >= 11 is 0. The molecule has 7 nitrogen and oxygen atoms in total. The molecule has 20 heavy (non-hydrogen) atoms. The molecule has 7 heteroatoms. The third-order valence-corrected chi connectivity index (χ3v) is 3.36. The number of nitrogens with zero attached hydrogens (tertiary/aromatic N) is 3. The zero-order valence-corrected chi connectivity index (χ0v) is 11.9. The number of rotatable bonds is 6. The number of ether oxygens (including phenoxy) is 1. The maximum Gasteiger partial charge on any atom is 0.239 e. The molecule has 1 aromatic heterocycles. The van der Waals surface area contributed by atoms with E-state index in [1.807, 2.05) is 6.92 Å². The highest BCUT2D eigenvalue weighted by Gasteiger charge is 2.28. The summed E-state index contributed by atoms with van der Waals surface area (Å²) in [5.41, 5.74) is 6.29. The Balaban J connectivity index is 1.87. The van der Waals surface area contributed by atoms with E-state index in [0.29, 0.717) is 25.4 Å². The molecule has 1 aliphatic heterocycles. The number of anilines is 1. The molecule has 1 atom stereocenters. The summed E-state index contributed by atoms with van der Waals surface area (Å²) in [5, 5.41) is 7.08. The molecule has 1 aliphatic rings. The Morgan fingerprint density at radius 2 is 2.45 bits per heavy atom. The third-order valence-electron chi connectivity index (χ3n) is 3.36. The van der Waals surface area contributed by atoms with Crippen LogP contribution in [0.1, 0.15) is 13.3 Å². The van der Waals surface area contributed by atoms with E-state index >= 15 is 0 Å². The minimum absolute atomic E-state index is 0.0477. The predicted octanol–water partition coefficient (Wildman–Crippen LogP) is -0.308. The lowest BCUT2D eigenvalue weighted by molar-refractivity contribution is -0.132. The van der Waals surface area contributed by atoms with Crippen LogP contribution in [0.4, 0.5) is 5.69 Å². The van der Waals surface area contributed by atoms with Gasteiger partial charge in [-0.2, -0.15) is 5.10 Å². The summed E-state index contributed by atoms with van der Waals surface area (Å²) in [4.78, 5) is 14.3. The second-order valence-corrected chi connectivity index (χ2v) is 4.95. The lowest BCUT2D eigenvalue weighted by atomic mass is 10.2. The van der Waals surface area contributed by atoms with Crippen LogP contribution < -0.4 is 11.1 Å². The van der Waals surface area contributed by atoms with E-state index in [0.717, 1.165) is 26.1 Å². The number of hydrogen-bond donors (Lipinski definition) is 2. The van der Waals surface area contributed by atoms with Gasteiger partial charge in [0.1, 0.15) is 6.04 Å². The van der Waals surface area contributed by atoms with Crippen LogP contribution in [0.5, 0.6) is 0 Å². The molecule has 2 heterocycles. The van der Waals surface area contributed by atoms with Gasteiger partial charge in [0.25, 0.3) is 0 Å². The average molecular weight is 281 g/mol. The van der Waals surface area contributed by atoms with Gasteiger partial charge in [0.15, 0.2) is 0 Å². The van der Waals surface area contributed by atoms with E-state index in [4.69, 9.17) is 10.5 Å². The predicted molar refractivity (Wildman–Crippen MR) is 76.1 cm³/mol. The van der Waals surface area contributed by atoms with Crippen LogP contribution in [-0.4, -0.2) is 59.5 Å². The van der Waals surface area contributed by atoms with Crippen molar-refractivity contribution in [2.75, 3.05) is 38.6 Å². The summed E-state index contributed by atoms with van der Waals surface area (Å²) in [6.45, 7) is 6.11. The summed E-state index contributed by atoms with van der Waals surface area (Å²) in [7, 11) is 0. The number of nitrogens with one attached hydrogen (secondary N) is 1. The average Bonchev–Trinajstić information content (AvgIpc) is 2.88. The largest absolute Gasteiger partial charge is 0.396 e. The second kappa shape index (κ2) is 7.25. The Morgan fingerprint density at radius 3 is 3.15 bits per heavy atom. The molecule has 1 saturated heterocycles. The molecule has 0 saturated carbocycles. The molecule has 1 amide bonds. The summed E-state index contributed by atoms with van der Waals surface area (Å²) in [6.07, 6.45) is 4.36. The molecule has 1 unspecified atom stereocenters. The maximum absolute atomic E-state index is 12.1. The Labute approximate surface area is 119 Å². The Morgan fingerprint density at radius 1 is 1.60 bits per heavy atom. The molecular weight excluding hydrogens is 258 g/mol. The fourth-order valence-corrected chi connectivity index (χ4v) is 2.25. The standard InChI is InChI=1S/C13H23N5O2/c1-2-3-15-13(19)12-10-20-7-6-17(12)4-5-18-9-11(14)8-16-18/h8-9,12H,2-7,10,14H2,1H3,(H,15,19). The van der Waals surface area contributed by atoms with Crippen LogP contribution in [0, 0.1) is 0 Å². The first-order chi connectivity index (χ1) is 9.70. The van der Waals surface area contributed by atoms with Crippen LogP contribution in [0.15, 0.2) is 12.4 Å². The van der Waals surface area contributed by atoms with Crippen molar-refractivity contribution in [2.24, 2.45) is 0 Å². The number of amides is 1. The Bertz CT molecular complexity index is 434. The van der Waals surface area contributed by atoms with Crippen molar-refractivity contribution in [2.45, 2.75) is 25.9 Å². The summed E-state index contributed by atoms with van der Waals surface area (Å²) in [5.74, 6) is 0.0477. The molecule has 0 bridgehead atoms. The maximum atomic E-state index is 12.1. The van der Waals surface area contributed by atoms with Crippen LogP contribution in [-0.2, 0) is 16.1 Å². The van der Waals surface area contributed by atoms with Gasteiger partial charge in [-0.15, -0.1) is 0 Å². The van der Waals surface area contributed by atoms with Crippen molar-refractivity contribution in [3.63, 3.8) is 0 Å². The minimum atomic E-state index is -0.205. The number of hydrogen-bond acceptors (Lipinski definition) is 5. The first kappa shape index (κ1) is 14.8. The van der Waals surface area contributed by atoms with Gasteiger partial charge in [0.2, 0.25) is 5.91 Å². The van der Waals surface area contributed by atoms with Crippen LogP contribution in [0.3, 0.4) is 0 Å². The molecule has 1 fully saturated rings. The number of carbonyl (C=O) groups is 1. The Kier molecular flexibility index (Phi) is 5.37. The molecular formula is C13H23N5O2. The van der Waals surface area contributed by atoms with Gasteiger partial charge in [-0.1, -0.05) is 6.92 Å². The monoisotopic (exact) mass is 281 g/mol. The van der Waals surface area contributed by atoms with Gasteiger partial charge < -0.3 is 15.8 Å². The fraction of sp³-hybridized carbons (Fsp3) is 0.692. The lowest BCUT2D eigenvalue weighted by Crippen LogP contribution is -2.54.